The Labute approximate surface area is 110 Å². The van der Waals surface area contributed by atoms with Crippen LogP contribution in [0.25, 0.3) is 0 Å². The van der Waals surface area contributed by atoms with E-state index in [4.69, 9.17) is 4.52 Å². The highest BCUT2D eigenvalue weighted by Crippen LogP contribution is 2.20. The fourth-order valence-electron chi connectivity index (χ4n) is 1.41. The third-order valence-corrected chi connectivity index (χ3v) is 5.50. The summed E-state index contributed by atoms with van der Waals surface area (Å²) in [5.41, 5.74) is 0.383. The minimum atomic E-state index is -3.56. The van der Waals surface area contributed by atoms with Crippen molar-refractivity contribution in [1.82, 2.24) is 9.88 Å². The molecule has 2 unspecified atom stereocenters. The van der Waals surface area contributed by atoms with E-state index in [0.717, 1.165) is 5.33 Å². The van der Waals surface area contributed by atoms with Crippen LogP contribution in [0.3, 0.4) is 0 Å². The topological polar surface area (TPSA) is 72.2 Å². The van der Waals surface area contributed by atoms with Crippen molar-refractivity contribution in [3.63, 3.8) is 0 Å². The van der Waals surface area contributed by atoms with Gasteiger partial charge in [0.1, 0.15) is 10.6 Å². The van der Waals surface area contributed by atoms with Crippen molar-refractivity contribution in [1.29, 1.82) is 0 Å². The van der Waals surface area contributed by atoms with Crippen LogP contribution in [0.2, 0.25) is 0 Å². The van der Waals surface area contributed by atoms with Gasteiger partial charge < -0.3 is 4.52 Å². The number of sulfonamides is 1. The summed E-state index contributed by atoms with van der Waals surface area (Å²) in [4.78, 5) is 0.145. The zero-order valence-electron chi connectivity index (χ0n) is 10.3. The van der Waals surface area contributed by atoms with Crippen LogP contribution in [0.15, 0.2) is 9.42 Å². The predicted molar refractivity (Wildman–Crippen MR) is 68.7 cm³/mol. The van der Waals surface area contributed by atoms with Crippen molar-refractivity contribution in [3.8, 4) is 0 Å². The minimum Gasteiger partial charge on any atom is -0.360 e. The SMILES string of the molecule is Cc1noc(C)c1S(=O)(=O)NC(C)C(C)CBr. The average Bonchev–Trinajstić information content (AvgIpc) is 2.57. The second-order valence-corrected chi connectivity index (χ2v) is 6.49. The van der Waals surface area contributed by atoms with Crippen LogP contribution in [0.4, 0.5) is 0 Å². The fraction of sp³-hybridized carbons (Fsp3) is 0.700. The second kappa shape index (κ2) is 5.49. The molecule has 0 saturated heterocycles. The van der Waals surface area contributed by atoms with Crippen LogP contribution in [0.5, 0.6) is 0 Å². The lowest BCUT2D eigenvalue weighted by Crippen LogP contribution is -2.38. The molecule has 1 N–H and O–H groups in total. The number of hydrogen-bond acceptors (Lipinski definition) is 4. The molecule has 1 rings (SSSR count). The Balaban J connectivity index is 2.98. The summed E-state index contributed by atoms with van der Waals surface area (Å²) in [5, 5.41) is 4.39. The van der Waals surface area contributed by atoms with E-state index in [1.165, 1.54) is 0 Å². The van der Waals surface area contributed by atoms with Gasteiger partial charge in [0.15, 0.2) is 5.76 Å². The maximum atomic E-state index is 12.1. The van der Waals surface area contributed by atoms with Gasteiger partial charge in [0.25, 0.3) is 0 Å². The molecule has 0 bridgehead atoms. The standard InChI is InChI=1S/C10H17BrN2O3S/c1-6(5-11)7(2)13-17(14,15)10-8(3)12-16-9(10)4/h6-7,13H,5H2,1-4H3. The van der Waals surface area contributed by atoms with E-state index >= 15 is 0 Å². The Morgan fingerprint density at radius 2 is 2.00 bits per heavy atom. The number of rotatable bonds is 5. The van der Waals surface area contributed by atoms with Crippen LogP contribution in [0.1, 0.15) is 25.3 Å². The van der Waals surface area contributed by atoms with Gasteiger partial charge in [-0.3, -0.25) is 0 Å². The van der Waals surface area contributed by atoms with Crippen molar-refractivity contribution in [2.24, 2.45) is 5.92 Å². The number of alkyl halides is 1. The largest absolute Gasteiger partial charge is 0.360 e. The molecule has 0 aliphatic carbocycles. The number of nitrogens with zero attached hydrogens (tertiary/aromatic N) is 1. The van der Waals surface area contributed by atoms with Gasteiger partial charge in [-0.25, -0.2) is 13.1 Å². The van der Waals surface area contributed by atoms with E-state index in [1.807, 2.05) is 13.8 Å². The van der Waals surface area contributed by atoms with Crippen molar-refractivity contribution < 1.29 is 12.9 Å². The minimum absolute atomic E-state index is 0.145. The van der Waals surface area contributed by atoms with Gasteiger partial charge in [-0.2, -0.15) is 0 Å². The number of hydrogen-bond donors (Lipinski definition) is 1. The Morgan fingerprint density at radius 1 is 1.41 bits per heavy atom. The monoisotopic (exact) mass is 324 g/mol. The van der Waals surface area contributed by atoms with Crippen molar-refractivity contribution in [2.45, 2.75) is 38.6 Å². The lowest BCUT2D eigenvalue weighted by molar-refractivity contribution is 0.390. The summed E-state index contributed by atoms with van der Waals surface area (Å²) in [6.07, 6.45) is 0. The summed E-state index contributed by atoms with van der Waals surface area (Å²) >= 11 is 3.33. The van der Waals surface area contributed by atoms with Gasteiger partial charge in [0, 0.05) is 11.4 Å². The fourth-order valence-corrected chi connectivity index (χ4v) is 3.65. The maximum absolute atomic E-state index is 12.1. The van der Waals surface area contributed by atoms with Gasteiger partial charge in [0.2, 0.25) is 10.0 Å². The van der Waals surface area contributed by atoms with Crippen molar-refractivity contribution >= 4 is 26.0 Å². The Bertz CT molecular complexity index is 464. The van der Waals surface area contributed by atoms with E-state index in [0.29, 0.717) is 11.5 Å². The molecule has 1 aromatic heterocycles. The van der Waals surface area contributed by atoms with Gasteiger partial charge in [-0.1, -0.05) is 28.0 Å². The highest BCUT2D eigenvalue weighted by molar-refractivity contribution is 9.09. The predicted octanol–water partition coefficient (Wildman–Crippen LogP) is 1.99. The molecule has 0 spiro atoms. The number of aryl methyl sites for hydroxylation is 2. The molecule has 1 aromatic rings. The molecule has 1 heterocycles. The van der Waals surface area contributed by atoms with Crippen LogP contribution < -0.4 is 4.72 Å². The van der Waals surface area contributed by atoms with E-state index < -0.39 is 10.0 Å². The average molecular weight is 325 g/mol. The van der Waals surface area contributed by atoms with Crippen LogP contribution in [0, 0.1) is 19.8 Å². The summed E-state index contributed by atoms with van der Waals surface area (Å²) in [6.45, 7) is 7.01. The molecule has 7 heteroatoms. The lowest BCUT2D eigenvalue weighted by atomic mass is 10.1. The summed E-state index contributed by atoms with van der Waals surface area (Å²) in [7, 11) is -3.56. The van der Waals surface area contributed by atoms with E-state index in [2.05, 4.69) is 25.8 Å². The molecule has 2 atom stereocenters. The number of nitrogens with one attached hydrogen (secondary N) is 1. The highest BCUT2D eigenvalue weighted by atomic mass is 79.9. The van der Waals surface area contributed by atoms with Crippen molar-refractivity contribution in [3.05, 3.63) is 11.5 Å². The molecule has 0 aromatic carbocycles. The first kappa shape index (κ1) is 14.7. The van der Waals surface area contributed by atoms with E-state index in [9.17, 15) is 8.42 Å². The van der Waals surface area contributed by atoms with Crippen molar-refractivity contribution in [2.75, 3.05) is 5.33 Å². The zero-order chi connectivity index (χ0) is 13.2. The quantitative estimate of drug-likeness (QED) is 0.841. The number of halogens is 1. The Morgan fingerprint density at radius 3 is 2.41 bits per heavy atom. The van der Waals surface area contributed by atoms with E-state index in [1.54, 1.807) is 13.8 Å². The van der Waals surface area contributed by atoms with Gasteiger partial charge >= 0.3 is 0 Å². The molecule has 0 fully saturated rings. The van der Waals surface area contributed by atoms with Crippen LogP contribution in [-0.4, -0.2) is 24.9 Å². The first-order valence-corrected chi connectivity index (χ1v) is 7.91. The molecular weight excluding hydrogens is 308 g/mol. The molecule has 0 aliphatic heterocycles. The number of aromatic nitrogens is 1. The molecule has 0 amide bonds. The lowest BCUT2D eigenvalue weighted by Gasteiger charge is -2.18. The smallest absolute Gasteiger partial charge is 0.246 e. The third-order valence-electron chi connectivity index (χ3n) is 2.67. The molecule has 17 heavy (non-hydrogen) atoms. The summed E-state index contributed by atoms with van der Waals surface area (Å²) in [6, 6.07) is -0.159. The van der Waals surface area contributed by atoms with E-state index in [-0.39, 0.29) is 16.9 Å². The maximum Gasteiger partial charge on any atom is 0.246 e. The summed E-state index contributed by atoms with van der Waals surface area (Å²) in [5.74, 6) is 0.513. The molecule has 0 radical (unpaired) electrons. The molecule has 0 saturated carbocycles. The highest BCUT2D eigenvalue weighted by Gasteiger charge is 2.27. The first-order chi connectivity index (χ1) is 7.79. The van der Waals surface area contributed by atoms with Crippen LogP contribution >= 0.6 is 15.9 Å². The second-order valence-electron chi connectivity index (χ2n) is 4.19. The van der Waals surface area contributed by atoms with Gasteiger partial charge in [-0.05, 0) is 26.7 Å². The Kier molecular flexibility index (Phi) is 4.74. The third kappa shape index (κ3) is 3.29. The molecule has 98 valence electrons. The molecule has 5 nitrogen and oxygen atoms in total. The first-order valence-electron chi connectivity index (χ1n) is 5.30. The zero-order valence-corrected chi connectivity index (χ0v) is 12.7. The normalized spacial score (nSPS) is 15.8. The molecular formula is C10H17BrN2O3S. The van der Waals surface area contributed by atoms with Crippen LogP contribution in [-0.2, 0) is 10.0 Å². The summed E-state index contributed by atoms with van der Waals surface area (Å²) < 4.78 is 31.8. The Hall–Kier alpha value is -0.400. The van der Waals surface area contributed by atoms with Gasteiger partial charge in [-0.15, -0.1) is 0 Å². The molecule has 0 aliphatic rings. The van der Waals surface area contributed by atoms with Gasteiger partial charge in [0.05, 0.1) is 0 Å².